The van der Waals surface area contributed by atoms with Crippen molar-refractivity contribution in [3.63, 3.8) is 0 Å². The average molecular weight is 708 g/mol. The van der Waals surface area contributed by atoms with Crippen LogP contribution in [0.15, 0.2) is 64.6 Å². The van der Waals surface area contributed by atoms with Crippen LogP contribution in [0.1, 0.15) is 62.8 Å². The smallest absolute Gasteiger partial charge is 0.409 e. The zero-order valence-electron chi connectivity index (χ0n) is 26.8. The fraction of sp³-hybridized carbons (Fsp3) is 0.457. The lowest BCUT2D eigenvalue weighted by atomic mass is 10.0. The molecule has 0 radical (unpaired) electrons. The maximum absolute atomic E-state index is 12.1. The Bertz CT molecular complexity index is 1540. The summed E-state index contributed by atoms with van der Waals surface area (Å²) in [7, 11) is 0. The molecule has 5 rings (SSSR count). The summed E-state index contributed by atoms with van der Waals surface area (Å²) in [5.74, 6) is 6.78. The van der Waals surface area contributed by atoms with Crippen LogP contribution in [0.3, 0.4) is 0 Å². The molecule has 2 aliphatic rings. The quantitative estimate of drug-likeness (QED) is 0.131. The molecule has 2 N–H and O–H groups in total. The van der Waals surface area contributed by atoms with Crippen molar-refractivity contribution in [3.8, 4) is 23.3 Å². The molecule has 1 aliphatic heterocycles. The van der Waals surface area contributed by atoms with Crippen LogP contribution >= 0.6 is 27.7 Å². The minimum Gasteiger partial charge on any atom is -0.487 e. The summed E-state index contributed by atoms with van der Waals surface area (Å²) in [6, 6.07) is 10.8. The van der Waals surface area contributed by atoms with Crippen molar-refractivity contribution in [3.05, 3.63) is 76.3 Å². The molecule has 1 unspecified atom stereocenters. The van der Waals surface area contributed by atoms with Crippen molar-refractivity contribution in [2.75, 3.05) is 26.4 Å². The van der Waals surface area contributed by atoms with E-state index in [0.29, 0.717) is 30.6 Å². The normalized spacial score (nSPS) is 17.0. The fourth-order valence-corrected chi connectivity index (χ4v) is 7.35. The number of thioether (sulfide) groups is 1. The summed E-state index contributed by atoms with van der Waals surface area (Å²) in [5, 5.41) is 7.46. The summed E-state index contributed by atoms with van der Waals surface area (Å²) >= 11 is 5.45. The van der Waals surface area contributed by atoms with Gasteiger partial charge >= 0.3 is 6.09 Å². The van der Waals surface area contributed by atoms with E-state index in [1.54, 1.807) is 18.0 Å². The van der Waals surface area contributed by atoms with E-state index >= 15 is 0 Å². The van der Waals surface area contributed by atoms with Gasteiger partial charge < -0.3 is 19.7 Å². The van der Waals surface area contributed by atoms with Crippen molar-refractivity contribution in [1.82, 2.24) is 30.1 Å². The van der Waals surface area contributed by atoms with E-state index in [2.05, 4.69) is 78.9 Å². The first kappa shape index (κ1) is 34.0. The molecular weight excluding hydrogens is 664 g/mol. The predicted octanol–water partition coefficient (Wildman–Crippen LogP) is 6.62. The predicted molar refractivity (Wildman–Crippen MR) is 186 cm³/mol. The zero-order chi connectivity index (χ0) is 32.3. The number of pyridine rings is 1. The Morgan fingerprint density at radius 2 is 2.07 bits per heavy atom. The number of benzene rings is 1. The Kier molecular flexibility index (Phi) is 12.6. The first-order valence-corrected chi connectivity index (χ1v) is 17.7. The van der Waals surface area contributed by atoms with Gasteiger partial charge in [0.05, 0.1) is 24.2 Å². The first-order valence-electron chi connectivity index (χ1n) is 16.0. The number of hydrogen-bond donors (Lipinski definition) is 2. The van der Waals surface area contributed by atoms with Crippen molar-refractivity contribution in [2.24, 2.45) is 0 Å². The second-order valence-electron chi connectivity index (χ2n) is 11.8. The van der Waals surface area contributed by atoms with Crippen LogP contribution in [0.25, 0.3) is 5.69 Å². The van der Waals surface area contributed by atoms with Crippen molar-refractivity contribution >= 4 is 33.8 Å². The van der Waals surface area contributed by atoms with E-state index in [1.807, 2.05) is 43.5 Å². The van der Waals surface area contributed by atoms with Crippen LogP contribution in [-0.4, -0.2) is 69.2 Å². The van der Waals surface area contributed by atoms with Gasteiger partial charge in [0.2, 0.25) is 0 Å². The molecule has 1 aliphatic carbocycles. The lowest BCUT2D eigenvalue weighted by Crippen LogP contribution is -2.47. The second kappa shape index (κ2) is 17.0. The number of carbonyl (C=O) groups excluding carboxylic acids is 1. The molecule has 0 spiro atoms. The van der Waals surface area contributed by atoms with Gasteiger partial charge in [-0.3, -0.25) is 14.9 Å². The fourth-order valence-electron chi connectivity index (χ4n) is 5.57. The highest BCUT2D eigenvalue weighted by Gasteiger charge is 2.22. The number of nitrogens with one attached hydrogen (secondary N) is 2. The van der Waals surface area contributed by atoms with Crippen molar-refractivity contribution in [2.45, 2.75) is 82.0 Å². The number of rotatable bonds is 11. The van der Waals surface area contributed by atoms with Crippen LogP contribution in [0.5, 0.6) is 5.75 Å². The Labute approximate surface area is 285 Å². The topological polar surface area (TPSA) is 93.5 Å². The number of ether oxygens (including phenoxy) is 2. The lowest BCUT2D eigenvalue weighted by molar-refractivity contribution is 0.150. The van der Waals surface area contributed by atoms with Gasteiger partial charge in [-0.15, -0.1) is 0 Å². The van der Waals surface area contributed by atoms with Gasteiger partial charge in [-0.1, -0.05) is 35.8 Å². The van der Waals surface area contributed by atoms with Crippen LogP contribution < -0.4 is 15.4 Å². The summed E-state index contributed by atoms with van der Waals surface area (Å²) in [6.07, 6.45) is 13.3. The number of halogens is 1. The average Bonchev–Trinajstić information content (AvgIpc) is 3.37. The molecule has 46 heavy (non-hydrogen) atoms. The SMILES string of the molecule is Cc1cc(OCc2c(Br)nc(SC3C=CCCC3)n2-c2cccnc2)ccc1C#CCOC(=O)NCNC1CCN(C(C)C)CC1. The van der Waals surface area contributed by atoms with Crippen LogP contribution in [0.2, 0.25) is 0 Å². The molecule has 3 aromatic rings. The third-order valence-electron chi connectivity index (χ3n) is 8.22. The van der Waals surface area contributed by atoms with Gasteiger partial charge in [-0.25, -0.2) is 9.78 Å². The molecule has 2 aromatic heterocycles. The maximum Gasteiger partial charge on any atom is 0.409 e. The molecular formula is C35H43BrN6O3S. The zero-order valence-corrected chi connectivity index (χ0v) is 29.2. The standard InChI is InChI=1S/C35H43BrN6O3S/c1-25(2)41-18-15-28(16-19-41)38-24-39-35(43)44-20-8-9-27-13-14-30(21-26(27)3)45-23-32-33(36)40-34(46-31-11-5-4-6-12-31)42(32)29-10-7-17-37-22-29/h5,7,10-11,13-14,17,21-22,25,28,31,38H,4,6,12,15-16,18-20,23-24H2,1-3H3,(H,39,43). The number of nitrogens with zero attached hydrogens (tertiary/aromatic N) is 4. The molecule has 1 amide bonds. The third kappa shape index (κ3) is 9.61. The number of hydrogen-bond acceptors (Lipinski definition) is 8. The number of amides is 1. The van der Waals surface area contributed by atoms with E-state index in [0.717, 1.165) is 76.8 Å². The lowest BCUT2D eigenvalue weighted by Gasteiger charge is -2.34. The monoisotopic (exact) mass is 706 g/mol. The molecule has 1 aromatic carbocycles. The van der Waals surface area contributed by atoms with E-state index in [9.17, 15) is 4.79 Å². The van der Waals surface area contributed by atoms with Gasteiger partial charge in [-0.2, -0.15) is 0 Å². The Morgan fingerprint density at radius 1 is 1.22 bits per heavy atom. The van der Waals surface area contributed by atoms with E-state index in [4.69, 9.17) is 14.5 Å². The summed E-state index contributed by atoms with van der Waals surface area (Å²) in [5.41, 5.74) is 3.69. The molecule has 1 atom stereocenters. The first-order chi connectivity index (χ1) is 22.4. The largest absolute Gasteiger partial charge is 0.487 e. The number of imidazole rings is 1. The summed E-state index contributed by atoms with van der Waals surface area (Å²) < 4.78 is 14.4. The number of aryl methyl sites for hydroxylation is 1. The van der Waals surface area contributed by atoms with Gasteiger partial charge in [0.25, 0.3) is 0 Å². The molecule has 244 valence electrons. The number of aromatic nitrogens is 3. The van der Waals surface area contributed by atoms with E-state index < -0.39 is 6.09 Å². The minimum absolute atomic E-state index is 0.0135. The molecule has 9 nitrogen and oxygen atoms in total. The Morgan fingerprint density at radius 3 is 2.78 bits per heavy atom. The number of piperidine rings is 1. The number of carbonyl (C=O) groups is 1. The van der Waals surface area contributed by atoms with Gasteiger partial charge in [0.1, 0.15) is 17.0 Å². The van der Waals surface area contributed by atoms with Crippen LogP contribution in [-0.2, 0) is 11.3 Å². The highest BCUT2D eigenvalue weighted by atomic mass is 79.9. The number of alkyl carbamates (subject to hydrolysis) is 1. The molecule has 0 saturated carbocycles. The van der Waals surface area contributed by atoms with Gasteiger partial charge in [0, 0.05) is 29.1 Å². The summed E-state index contributed by atoms with van der Waals surface area (Å²) in [4.78, 5) is 23.8. The highest BCUT2D eigenvalue weighted by Crippen LogP contribution is 2.35. The van der Waals surface area contributed by atoms with Crippen LogP contribution in [0, 0.1) is 18.8 Å². The second-order valence-corrected chi connectivity index (χ2v) is 13.8. The van der Waals surface area contributed by atoms with Crippen molar-refractivity contribution < 1.29 is 14.3 Å². The van der Waals surface area contributed by atoms with E-state index in [-0.39, 0.29) is 6.61 Å². The van der Waals surface area contributed by atoms with Gasteiger partial charge in [-0.05, 0) is 118 Å². The minimum atomic E-state index is -0.477. The van der Waals surface area contributed by atoms with Crippen molar-refractivity contribution in [1.29, 1.82) is 0 Å². The summed E-state index contributed by atoms with van der Waals surface area (Å²) in [6.45, 7) is 9.33. The Hall–Kier alpha value is -3.30. The third-order valence-corrected chi connectivity index (χ3v) is 10.0. The maximum atomic E-state index is 12.1. The van der Waals surface area contributed by atoms with Crippen LogP contribution in [0.4, 0.5) is 4.79 Å². The number of allylic oxidation sites excluding steroid dienone is 1. The highest BCUT2D eigenvalue weighted by molar-refractivity contribution is 9.10. The molecule has 3 heterocycles. The molecule has 11 heteroatoms. The van der Waals surface area contributed by atoms with Gasteiger partial charge in [0.15, 0.2) is 11.8 Å². The Balaban J connectivity index is 1.12. The van der Waals surface area contributed by atoms with E-state index in [1.165, 1.54) is 6.42 Å². The molecule has 0 bridgehead atoms. The number of likely N-dealkylation sites (tertiary alicyclic amines) is 1. The molecule has 1 fully saturated rings. The molecule has 1 saturated heterocycles.